The highest BCUT2D eigenvalue weighted by molar-refractivity contribution is 5.71. The summed E-state index contributed by atoms with van der Waals surface area (Å²) in [7, 11) is 0. The van der Waals surface area contributed by atoms with Crippen LogP contribution in [0.25, 0.3) is 0 Å². The zero-order chi connectivity index (χ0) is 38.9. The number of carbonyl (C=O) groups is 3. The Kier molecular flexibility index (Phi) is 40.3. The molecule has 0 aliphatic heterocycles. The number of hydrogen-bond donors (Lipinski definition) is 0. The molecule has 0 rings (SSSR count). The summed E-state index contributed by atoms with van der Waals surface area (Å²) >= 11 is 0. The highest BCUT2D eigenvalue weighted by Gasteiger charge is 2.19. The molecular formula is C47H90O6. The van der Waals surface area contributed by atoms with Crippen molar-refractivity contribution < 1.29 is 28.6 Å². The molecule has 0 unspecified atom stereocenters. The minimum atomic E-state index is -0.759. The van der Waals surface area contributed by atoms with Gasteiger partial charge in [-0.2, -0.15) is 0 Å². The van der Waals surface area contributed by atoms with Crippen molar-refractivity contribution in [3.8, 4) is 0 Å². The van der Waals surface area contributed by atoms with Gasteiger partial charge in [0.25, 0.3) is 0 Å². The van der Waals surface area contributed by atoms with Gasteiger partial charge in [0.2, 0.25) is 0 Å². The van der Waals surface area contributed by atoms with Crippen molar-refractivity contribution in [1.29, 1.82) is 0 Å². The molecule has 6 heteroatoms. The van der Waals surface area contributed by atoms with E-state index >= 15 is 0 Å². The first-order valence-corrected chi connectivity index (χ1v) is 23.4. The topological polar surface area (TPSA) is 78.9 Å². The fourth-order valence-corrected chi connectivity index (χ4v) is 6.98. The summed E-state index contributed by atoms with van der Waals surface area (Å²) in [5, 5.41) is 0. The quantitative estimate of drug-likeness (QED) is 0.0351. The van der Waals surface area contributed by atoms with Crippen LogP contribution >= 0.6 is 0 Å². The van der Waals surface area contributed by atoms with Crippen LogP contribution in [0.3, 0.4) is 0 Å². The summed E-state index contributed by atoms with van der Waals surface area (Å²) < 4.78 is 16.7. The summed E-state index contributed by atoms with van der Waals surface area (Å²) in [5.74, 6) is -0.0289. The molecule has 0 heterocycles. The highest BCUT2D eigenvalue weighted by Crippen LogP contribution is 2.16. The molecule has 0 fully saturated rings. The van der Waals surface area contributed by atoms with Crippen LogP contribution in [0.1, 0.15) is 259 Å². The van der Waals surface area contributed by atoms with Gasteiger partial charge < -0.3 is 14.2 Å². The molecule has 0 bridgehead atoms. The van der Waals surface area contributed by atoms with E-state index in [0.717, 1.165) is 63.7 Å². The van der Waals surface area contributed by atoms with E-state index in [1.165, 1.54) is 154 Å². The van der Waals surface area contributed by atoms with E-state index in [1.807, 2.05) is 0 Å². The molecule has 0 spiro atoms. The first-order chi connectivity index (χ1) is 25.9. The summed E-state index contributed by atoms with van der Waals surface area (Å²) in [5.41, 5.74) is 0. The van der Waals surface area contributed by atoms with Crippen LogP contribution in [-0.4, -0.2) is 37.2 Å². The summed E-state index contributed by atoms with van der Waals surface area (Å²) in [4.78, 5) is 37.7. The normalized spacial score (nSPS) is 11.9. The van der Waals surface area contributed by atoms with Crippen molar-refractivity contribution in [1.82, 2.24) is 0 Å². The first kappa shape index (κ1) is 51.4. The molecule has 0 aliphatic carbocycles. The van der Waals surface area contributed by atoms with Crippen molar-refractivity contribution in [3.05, 3.63) is 0 Å². The molecule has 53 heavy (non-hydrogen) atoms. The molecule has 0 aliphatic rings. The van der Waals surface area contributed by atoms with E-state index in [1.54, 1.807) is 0 Å². The Morgan fingerprint density at radius 3 is 0.925 bits per heavy atom. The Balaban J connectivity index is 4.32. The first-order valence-electron chi connectivity index (χ1n) is 23.4. The summed E-state index contributed by atoms with van der Waals surface area (Å²) in [6.45, 7) is 8.98. The van der Waals surface area contributed by atoms with Crippen molar-refractivity contribution in [2.75, 3.05) is 13.2 Å². The molecule has 314 valence electrons. The molecule has 0 aromatic heterocycles. The Morgan fingerprint density at radius 2 is 0.623 bits per heavy atom. The lowest BCUT2D eigenvalue weighted by Crippen LogP contribution is -2.30. The standard InChI is InChI=1S/C47H90O6/c1-5-7-9-11-13-15-18-23-27-31-35-39-46(49)52-42-44(41-51-45(48)38-34-30-26-22-16-14-12-10-8-6-2)53-47(50)40-36-32-28-24-20-17-19-21-25-29-33-37-43(3)4/h43-44H,5-42H2,1-4H3/t44-/m0/s1. The maximum absolute atomic E-state index is 12.7. The average molecular weight is 751 g/mol. The van der Waals surface area contributed by atoms with E-state index in [-0.39, 0.29) is 31.1 Å². The van der Waals surface area contributed by atoms with Gasteiger partial charge in [-0.1, -0.05) is 220 Å². The zero-order valence-electron chi connectivity index (χ0n) is 36.0. The van der Waals surface area contributed by atoms with Gasteiger partial charge in [-0.15, -0.1) is 0 Å². The van der Waals surface area contributed by atoms with Gasteiger partial charge in [-0.05, 0) is 25.2 Å². The van der Waals surface area contributed by atoms with Gasteiger partial charge in [0, 0.05) is 19.3 Å². The third kappa shape index (κ3) is 41.4. The molecular weight excluding hydrogens is 661 g/mol. The van der Waals surface area contributed by atoms with Crippen molar-refractivity contribution >= 4 is 17.9 Å². The number of esters is 3. The second-order valence-corrected chi connectivity index (χ2v) is 16.5. The average Bonchev–Trinajstić information content (AvgIpc) is 3.14. The largest absolute Gasteiger partial charge is 0.462 e. The molecule has 0 aromatic carbocycles. The van der Waals surface area contributed by atoms with Gasteiger partial charge in [-0.3, -0.25) is 14.4 Å². The van der Waals surface area contributed by atoms with Gasteiger partial charge >= 0.3 is 17.9 Å². The number of rotatable bonds is 42. The van der Waals surface area contributed by atoms with Gasteiger partial charge in [0.1, 0.15) is 13.2 Å². The van der Waals surface area contributed by atoms with Crippen LogP contribution in [0.2, 0.25) is 0 Å². The van der Waals surface area contributed by atoms with Crippen LogP contribution in [0.15, 0.2) is 0 Å². The lowest BCUT2D eigenvalue weighted by atomic mass is 10.0. The van der Waals surface area contributed by atoms with Crippen LogP contribution in [0.4, 0.5) is 0 Å². The Bertz CT molecular complexity index is 796. The van der Waals surface area contributed by atoms with Gasteiger partial charge in [-0.25, -0.2) is 0 Å². The van der Waals surface area contributed by atoms with E-state index in [4.69, 9.17) is 14.2 Å². The lowest BCUT2D eigenvalue weighted by molar-refractivity contribution is -0.167. The number of ether oxygens (including phenoxy) is 3. The van der Waals surface area contributed by atoms with Crippen LogP contribution in [0.5, 0.6) is 0 Å². The zero-order valence-corrected chi connectivity index (χ0v) is 36.0. The minimum Gasteiger partial charge on any atom is -0.462 e. The smallest absolute Gasteiger partial charge is 0.306 e. The minimum absolute atomic E-state index is 0.0636. The predicted molar refractivity (Wildman–Crippen MR) is 224 cm³/mol. The Hall–Kier alpha value is -1.59. The molecule has 0 aromatic rings. The monoisotopic (exact) mass is 751 g/mol. The number of hydrogen-bond acceptors (Lipinski definition) is 6. The highest BCUT2D eigenvalue weighted by atomic mass is 16.6. The fraction of sp³-hybridized carbons (Fsp3) is 0.936. The van der Waals surface area contributed by atoms with Crippen molar-refractivity contribution in [3.63, 3.8) is 0 Å². The maximum Gasteiger partial charge on any atom is 0.306 e. The summed E-state index contributed by atoms with van der Waals surface area (Å²) in [6, 6.07) is 0. The van der Waals surface area contributed by atoms with E-state index in [2.05, 4.69) is 27.7 Å². The van der Waals surface area contributed by atoms with Crippen molar-refractivity contribution in [2.24, 2.45) is 5.92 Å². The molecule has 1 atom stereocenters. The summed E-state index contributed by atoms with van der Waals surface area (Å²) in [6.07, 6.45) is 40.8. The maximum atomic E-state index is 12.7. The third-order valence-electron chi connectivity index (χ3n) is 10.5. The Morgan fingerprint density at radius 1 is 0.358 bits per heavy atom. The fourth-order valence-electron chi connectivity index (χ4n) is 6.98. The van der Waals surface area contributed by atoms with Crippen LogP contribution < -0.4 is 0 Å². The van der Waals surface area contributed by atoms with Gasteiger partial charge in [0.15, 0.2) is 6.10 Å². The molecule has 0 saturated heterocycles. The van der Waals surface area contributed by atoms with Gasteiger partial charge in [0.05, 0.1) is 0 Å². The van der Waals surface area contributed by atoms with Crippen LogP contribution in [0, 0.1) is 5.92 Å². The molecule has 0 radical (unpaired) electrons. The number of carbonyl (C=O) groups excluding carboxylic acids is 3. The predicted octanol–water partition coefficient (Wildman–Crippen LogP) is 14.7. The van der Waals surface area contributed by atoms with E-state index in [9.17, 15) is 14.4 Å². The Labute approximate surface area is 329 Å². The second kappa shape index (κ2) is 41.6. The number of unbranched alkanes of at least 4 members (excludes halogenated alkanes) is 29. The third-order valence-corrected chi connectivity index (χ3v) is 10.5. The molecule has 0 N–H and O–H groups in total. The van der Waals surface area contributed by atoms with Crippen LogP contribution in [-0.2, 0) is 28.6 Å². The molecule has 0 saturated carbocycles. The lowest BCUT2D eigenvalue weighted by Gasteiger charge is -2.18. The molecule has 0 amide bonds. The van der Waals surface area contributed by atoms with Crippen molar-refractivity contribution in [2.45, 2.75) is 265 Å². The molecule has 6 nitrogen and oxygen atoms in total. The second-order valence-electron chi connectivity index (χ2n) is 16.5. The van der Waals surface area contributed by atoms with E-state index < -0.39 is 6.10 Å². The van der Waals surface area contributed by atoms with E-state index in [0.29, 0.717) is 19.3 Å². The SMILES string of the molecule is CCCCCCCCCCCCCC(=O)OC[C@H](COC(=O)CCCCCCCCCCCC)OC(=O)CCCCCCCCCCCCCC(C)C.